The van der Waals surface area contributed by atoms with E-state index in [9.17, 15) is 13.2 Å². The summed E-state index contributed by atoms with van der Waals surface area (Å²) in [5.74, 6) is 0.880. The van der Waals surface area contributed by atoms with Crippen molar-refractivity contribution in [2.75, 3.05) is 25.3 Å². The minimum absolute atomic E-state index is 0.0578. The molecule has 0 aromatic heterocycles. The highest BCUT2D eigenvalue weighted by atomic mass is 35.5. The third kappa shape index (κ3) is 4.88. The van der Waals surface area contributed by atoms with Gasteiger partial charge in [-0.1, -0.05) is 35.9 Å². The van der Waals surface area contributed by atoms with Crippen LogP contribution in [0.15, 0.2) is 77.7 Å². The Labute approximate surface area is 208 Å². The predicted octanol–water partition coefficient (Wildman–Crippen LogP) is 4.80. The van der Waals surface area contributed by atoms with Gasteiger partial charge >= 0.3 is 0 Å². The second kappa shape index (κ2) is 10.3. The number of para-hydroxylation sites is 1. The number of hydrogen-bond donors (Lipinski definition) is 1. The molecule has 0 aliphatic carbocycles. The lowest BCUT2D eigenvalue weighted by atomic mass is 10.2. The van der Waals surface area contributed by atoms with E-state index in [1.807, 2.05) is 6.07 Å². The van der Waals surface area contributed by atoms with Crippen LogP contribution in [-0.4, -0.2) is 44.6 Å². The van der Waals surface area contributed by atoms with Gasteiger partial charge in [0.1, 0.15) is 6.04 Å². The summed E-state index contributed by atoms with van der Waals surface area (Å²) in [6.45, 7) is 0. The summed E-state index contributed by atoms with van der Waals surface area (Å²) in [6.07, 6.45) is 0. The van der Waals surface area contributed by atoms with Crippen LogP contribution in [0.5, 0.6) is 11.5 Å². The predicted molar refractivity (Wildman–Crippen MR) is 134 cm³/mol. The van der Waals surface area contributed by atoms with E-state index in [-0.39, 0.29) is 10.6 Å². The fourth-order valence-electron chi connectivity index (χ4n) is 3.70. The van der Waals surface area contributed by atoms with E-state index >= 15 is 0 Å². The second-order valence-electron chi connectivity index (χ2n) is 7.46. The lowest BCUT2D eigenvalue weighted by molar-refractivity contribution is -0.119. The van der Waals surface area contributed by atoms with Crippen LogP contribution >= 0.6 is 23.4 Å². The number of ether oxygens (including phenoxy) is 2. The molecule has 34 heavy (non-hydrogen) atoms. The average molecular weight is 519 g/mol. The molecule has 1 N–H and O–H groups in total. The van der Waals surface area contributed by atoms with E-state index in [1.54, 1.807) is 42.5 Å². The van der Waals surface area contributed by atoms with Crippen LogP contribution < -0.4 is 14.8 Å². The molecule has 0 bridgehead atoms. The van der Waals surface area contributed by atoms with Gasteiger partial charge in [0.15, 0.2) is 11.5 Å². The topological polar surface area (TPSA) is 84.9 Å². The van der Waals surface area contributed by atoms with E-state index in [0.29, 0.717) is 27.8 Å². The summed E-state index contributed by atoms with van der Waals surface area (Å²) in [7, 11) is -1.01. The Morgan fingerprint density at radius 3 is 2.32 bits per heavy atom. The molecule has 0 radical (unpaired) electrons. The van der Waals surface area contributed by atoms with Gasteiger partial charge < -0.3 is 14.8 Å². The Bertz CT molecular complexity index is 1270. The molecule has 10 heteroatoms. The molecule has 1 saturated heterocycles. The van der Waals surface area contributed by atoms with Crippen LogP contribution in [0.25, 0.3) is 0 Å². The quantitative estimate of drug-likeness (QED) is 0.483. The second-order valence-corrected chi connectivity index (χ2v) is 10.9. The largest absolute Gasteiger partial charge is 0.493 e. The van der Waals surface area contributed by atoms with E-state index in [0.717, 1.165) is 0 Å². The van der Waals surface area contributed by atoms with Crippen molar-refractivity contribution >= 4 is 45.0 Å². The van der Waals surface area contributed by atoms with Crippen LogP contribution in [-0.2, 0) is 14.8 Å². The van der Waals surface area contributed by atoms with Gasteiger partial charge in [0, 0.05) is 16.5 Å². The van der Waals surface area contributed by atoms with Crippen LogP contribution in [0.3, 0.4) is 0 Å². The fourth-order valence-corrected chi connectivity index (χ4v) is 7.36. The van der Waals surface area contributed by atoms with Gasteiger partial charge in [0.2, 0.25) is 15.9 Å². The number of hydrogen-bond acceptors (Lipinski definition) is 6. The summed E-state index contributed by atoms with van der Waals surface area (Å²) >= 11 is 7.35. The summed E-state index contributed by atoms with van der Waals surface area (Å²) in [5.41, 5.74) is 1.27. The molecule has 1 aliphatic rings. The van der Waals surface area contributed by atoms with Crippen molar-refractivity contribution < 1.29 is 22.7 Å². The number of methoxy groups -OCH3 is 2. The zero-order chi connectivity index (χ0) is 24.3. The molecule has 4 rings (SSSR count). The standard InChI is InChI=1S/C24H23ClN2O5S2/c1-31-21-13-8-16(14-22(21)32-2)24-27(34(29,30)19-11-9-17(25)10-12-19)20(15-33-24)23(28)26-18-6-4-3-5-7-18/h3-14,20,24H,15H2,1-2H3,(H,26,28)/t20-,24?/m0/s1. The van der Waals surface area contributed by atoms with E-state index in [1.165, 1.54) is 54.6 Å². The molecule has 3 aromatic rings. The fraction of sp³-hybridized carbons (Fsp3) is 0.208. The van der Waals surface area contributed by atoms with Gasteiger partial charge in [-0.3, -0.25) is 4.79 Å². The number of anilines is 1. The average Bonchev–Trinajstić information content (AvgIpc) is 3.31. The highest BCUT2D eigenvalue weighted by Gasteiger charge is 2.47. The molecule has 3 aromatic carbocycles. The number of nitrogens with zero attached hydrogens (tertiary/aromatic N) is 1. The van der Waals surface area contributed by atoms with E-state index < -0.39 is 27.3 Å². The Balaban J connectivity index is 1.75. The van der Waals surface area contributed by atoms with Gasteiger partial charge in [-0.05, 0) is 54.1 Å². The van der Waals surface area contributed by atoms with E-state index in [4.69, 9.17) is 21.1 Å². The first-order chi connectivity index (χ1) is 16.3. The number of halogens is 1. The third-order valence-corrected chi connectivity index (χ3v) is 8.97. The SMILES string of the molecule is COc1ccc(C2SC[C@@H](C(=O)Nc3ccccc3)N2S(=O)(=O)c2ccc(Cl)cc2)cc1OC. The number of rotatable bonds is 7. The summed E-state index contributed by atoms with van der Waals surface area (Å²) < 4.78 is 39.6. The van der Waals surface area contributed by atoms with Gasteiger partial charge in [0.05, 0.1) is 24.5 Å². The minimum Gasteiger partial charge on any atom is -0.493 e. The highest BCUT2D eigenvalue weighted by molar-refractivity contribution is 8.01. The van der Waals surface area contributed by atoms with Gasteiger partial charge in [-0.2, -0.15) is 4.31 Å². The molecule has 0 spiro atoms. The number of amides is 1. The highest BCUT2D eigenvalue weighted by Crippen LogP contribution is 2.46. The van der Waals surface area contributed by atoms with Crippen molar-refractivity contribution in [3.8, 4) is 11.5 Å². The monoisotopic (exact) mass is 518 g/mol. The molecular weight excluding hydrogens is 496 g/mol. The van der Waals surface area contributed by atoms with Crippen LogP contribution in [0, 0.1) is 0 Å². The zero-order valence-corrected chi connectivity index (χ0v) is 20.9. The Hall–Kier alpha value is -2.72. The first-order valence-electron chi connectivity index (χ1n) is 10.3. The summed E-state index contributed by atoms with van der Waals surface area (Å²) in [4.78, 5) is 13.3. The molecule has 2 atom stereocenters. The van der Waals surface area contributed by atoms with Crippen molar-refractivity contribution in [2.24, 2.45) is 0 Å². The lowest BCUT2D eigenvalue weighted by Gasteiger charge is -2.28. The number of nitrogens with one attached hydrogen (secondary N) is 1. The smallest absolute Gasteiger partial charge is 0.245 e. The van der Waals surface area contributed by atoms with Crippen LogP contribution in [0.2, 0.25) is 5.02 Å². The maximum absolute atomic E-state index is 13.8. The van der Waals surface area contributed by atoms with Crippen molar-refractivity contribution in [1.29, 1.82) is 0 Å². The van der Waals surface area contributed by atoms with E-state index in [2.05, 4.69) is 5.32 Å². The van der Waals surface area contributed by atoms with Gasteiger partial charge in [0.25, 0.3) is 0 Å². The summed E-state index contributed by atoms with van der Waals surface area (Å²) in [6, 6.07) is 19.2. The number of carbonyl (C=O) groups is 1. The molecule has 178 valence electrons. The number of sulfonamides is 1. The van der Waals surface area contributed by atoms with Crippen molar-refractivity contribution in [3.63, 3.8) is 0 Å². The van der Waals surface area contributed by atoms with Crippen LogP contribution in [0.1, 0.15) is 10.9 Å². The van der Waals surface area contributed by atoms with Crippen molar-refractivity contribution in [1.82, 2.24) is 4.31 Å². The maximum Gasteiger partial charge on any atom is 0.245 e. The zero-order valence-electron chi connectivity index (χ0n) is 18.5. The molecule has 1 aliphatic heterocycles. The Kier molecular flexibility index (Phi) is 7.37. The molecule has 1 fully saturated rings. The minimum atomic E-state index is -4.05. The van der Waals surface area contributed by atoms with Crippen LogP contribution in [0.4, 0.5) is 5.69 Å². The normalized spacial score (nSPS) is 18.4. The molecular formula is C24H23ClN2O5S2. The summed E-state index contributed by atoms with van der Waals surface area (Å²) in [5, 5.41) is 2.61. The molecule has 0 saturated carbocycles. The van der Waals surface area contributed by atoms with Gasteiger partial charge in [-0.15, -0.1) is 11.8 Å². The van der Waals surface area contributed by atoms with Crippen molar-refractivity contribution in [3.05, 3.63) is 83.4 Å². The van der Waals surface area contributed by atoms with Gasteiger partial charge in [-0.25, -0.2) is 8.42 Å². The molecule has 1 amide bonds. The lowest BCUT2D eigenvalue weighted by Crippen LogP contribution is -2.45. The van der Waals surface area contributed by atoms with Crippen molar-refractivity contribution in [2.45, 2.75) is 16.3 Å². The Morgan fingerprint density at radius 1 is 1.00 bits per heavy atom. The molecule has 7 nitrogen and oxygen atoms in total. The maximum atomic E-state index is 13.8. The first kappa shape index (κ1) is 24.4. The number of carbonyl (C=O) groups excluding carboxylic acids is 1. The number of benzene rings is 3. The first-order valence-corrected chi connectivity index (χ1v) is 13.2. The number of thioether (sulfide) groups is 1. The molecule has 1 unspecified atom stereocenters. The third-order valence-electron chi connectivity index (χ3n) is 5.38. The Morgan fingerprint density at radius 2 is 1.68 bits per heavy atom. The molecule has 1 heterocycles.